The van der Waals surface area contributed by atoms with Gasteiger partial charge in [0.05, 0.1) is 5.39 Å². The highest BCUT2D eigenvalue weighted by atomic mass is 16.5. The van der Waals surface area contributed by atoms with Gasteiger partial charge < -0.3 is 14.7 Å². The molecule has 45 heavy (non-hydrogen) atoms. The number of rotatable bonds is 2. The monoisotopic (exact) mass is 584 g/mol. The molecule has 0 saturated heterocycles. The van der Waals surface area contributed by atoms with E-state index in [9.17, 15) is 4.79 Å². The van der Waals surface area contributed by atoms with Crippen molar-refractivity contribution in [2.75, 3.05) is 0 Å². The average molecular weight is 585 g/mol. The van der Waals surface area contributed by atoms with Crippen LogP contribution in [0.2, 0.25) is 0 Å². The molecule has 5 heterocycles. The smallest absolute Gasteiger partial charge is 0.335 e. The van der Waals surface area contributed by atoms with Crippen LogP contribution >= 0.6 is 0 Å². The molecule has 0 fully saturated rings. The molecule has 4 aromatic carbocycles. The molecule has 0 unspecified atom stereocenters. The number of nitrogens with one attached hydrogen (secondary N) is 2. The van der Waals surface area contributed by atoms with Crippen molar-refractivity contribution in [3.8, 4) is 51.3 Å². The zero-order chi connectivity index (χ0) is 30.1. The second kappa shape index (κ2) is 9.48. The predicted octanol–water partition coefficient (Wildman–Crippen LogP) is 6.96. The summed E-state index contributed by atoms with van der Waals surface area (Å²) in [4.78, 5) is 48.9. The first kappa shape index (κ1) is 25.0. The van der Waals surface area contributed by atoms with Crippen LogP contribution in [0.3, 0.4) is 0 Å². The highest BCUT2D eigenvalue weighted by Gasteiger charge is 2.22. The van der Waals surface area contributed by atoms with Crippen molar-refractivity contribution in [2.24, 2.45) is 0 Å². The number of aromatic nitrogens is 8. The zero-order valence-corrected chi connectivity index (χ0v) is 23.4. The number of nitrogens with zero attached hydrogens (tertiary/aromatic N) is 6. The molecule has 7 aromatic rings. The second-order valence-electron chi connectivity index (χ2n) is 10.6. The van der Waals surface area contributed by atoms with Crippen LogP contribution in [0.25, 0.3) is 89.7 Å². The Labute approximate surface area is 254 Å². The van der Waals surface area contributed by atoms with Crippen LogP contribution in [-0.2, 0) is 4.79 Å². The van der Waals surface area contributed by atoms with Gasteiger partial charge in [-0.25, -0.2) is 34.7 Å². The number of fused-ring (bicyclic) bond motifs is 20. The van der Waals surface area contributed by atoms with Crippen molar-refractivity contribution >= 4 is 50.1 Å². The van der Waals surface area contributed by atoms with Crippen molar-refractivity contribution in [1.82, 2.24) is 39.9 Å². The molecule has 2 aliphatic heterocycles. The molecule has 8 bridgehead atoms. The molecule has 0 spiro atoms. The molecule has 3 aromatic heterocycles. The summed E-state index contributed by atoms with van der Waals surface area (Å²) < 4.78 is 5.65. The van der Waals surface area contributed by atoms with Gasteiger partial charge in [-0.15, -0.1) is 0 Å². The SMILES string of the molecule is C=CC(=O)Oc1cccc2c3nc4nc(nc5[nH]c(nc6nc(nc([nH]3)c12)-c1ccccc1-6)c1ccccc51)-c1ccccc1-4. The van der Waals surface area contributed by atoms with E-state index in [2.05, 4.69) is 16.5 Å². The van der Waals surface area contributed by atoms with Crippen LogP contribution in [0.5, 0.6) is 5.75 Å². The number of carbonyl (C=O) groups is 1. The first-order valence-corrected chi connectivity index (χ1v) is 14.2. The lowest BCUT2D eigenvalue weighted by Gasteiger charge is -2.03. The Morgan fingerprint density at radius 2 is 0.956 bits per heavy atom. The third-order valence-corrected chi connectivity index (χ3v) is 7.92. The highest BCUT2D eigenvalue weighted by Crippen LogP contribution is 2.38. The van der Waals surface area contributed by atoms with Gasteiger partial charge in [0.25, 0.3) is 0 Å². The van der Waals surface area contributed by atoms with Gasteiger partial charge in [0, 0.05) is 44.5 Å². The van der Waals surface area contributed by atoms with Crippen LogP contribution in [0.1, 0.15) is 0 Å². The molecule has 10 nitrogen and oxygen atoms in total. The van der Waals surface area contributed by atoms with Crippen LogP contribution in [0, 0.1) is 0 Å². The summed E-state index contributed by atoms with van der Waals surface area (Å²) in [6, 6.07) is 29.0. The Bertz CT molecular complexity index is 2580. The number of benzene rings is 4. The topological polar surface area (TPSA) is 135 Å². The Kier molecular flexibility index (Phi) is 5.26. The van der Waals surface area contributed by atoms with Crippen molar-refractivity contribution in [2.45, 2.75) is 0 Å². The van der Waals surface area contributed by atoms with Gasteiger partial charge in [0.1, 0.15) is 28.3 Å². The number of ether oxygens (including phenoxy) is 1. The molecule has 0 radical (unpaired) electrons. The number of esters is 1. The fourth-order valence-corrected chi connectivity index (χ4v) is 5.89. The maximum Gasteiger partial charge on any atom is 0.335 e. The second-order valence-corrected chi connectivity index (χ2v) is 10.6. The molecule has 10 heteroatoms. The van der Waals surface area contributed by atoms with Crippen molar-refractivity contribution < 1.29 is 9.53 Å². The van der Waals surface area contributed by atoms with Crippen molar-refractivity contribution in [3.63, 3.8) is 0 Å². The Morgan fingerprint density at radius 3 is 1.47 bits per heavy atom. The molecule has 0 atom stereocenters. The van der Waals surface area contributed by atoms with E-state index < -0.39 is 5.97 Å². The number of carbonyl (C=O) groups excluding carboxylic acids is 1. The van der Waals surface area contributed by atoms with Crippen molar-refractivity contribution in [3.05, 3.63) is 104 Å². The average Bonchev–Trinajstić information content (AvgIpc) is 3.80. The Balaban J connectivity index is 1.49. The van der Waals surface area contributed by atoms with Crippen LogP contribution in [-0.4, -0.2) is 45.8 Å². The van der Waals surface area contributed by atoms with Crippen LogP contribution < -0.4 is 4.74 Å². The van der Waals surface area contributed by atoms with E-state index in [1.807, 2.05) is 78.9 Å². The van der Waals surface area contributed by atoms with E-state index in [0.717, 1.165) is 39.1 Å². The van der Waals surface area contributed by atoms with E-state index in [1.165, 1.54) is 0 Å². The summed E-state index contributed by atoms with van der Waals surface area (Å²) in [6.45, 7) is 3.55. The first-order chi connectivity index (χ1) is 22.1. The fraction of sp³-hybridized carbons (Fsp3) is 0. The summed E-state index contributed by atoms with van der Waals surface area (Å²) in [5, 5.41) is 3.08. The molecule has 0 saturated carbocycles. The van der Waals surface area contributed by atoms with E-state index in [0.29, 0.717) is 62.4 Å². The molecule has 0 amide bonds. The minimum absolute atomic E-state index is 0.314. The number of aromatic amines is 2. The normalized spacial score (nSPS) is 11.7. The molecule has 2 aliphatic rings. The van der Waals surface area contributed by atoms with Gasteiger partial charge in [-0.1, -0.05) is 91.5 Å². The molecule has 212 valence electrons. The molecule has 9 rings (SSSR count). The van der Waals surface area contributed by atoms with Gasteiger partial charge in [0.2, 0.25) is 0 Å². The fourth-order valence-electron chi connectivity index (χ4n) is 5.89. The zero-order valence-electron chi connectivity index (χ0n) is 23.4. The molecule has 0 aliphatic carbocycles. The quantitative estimate of drug-likeness (QED) is 0.126. The number of hydrogen-bond donors (Lipinski definition) is 2. The lowest BCUT2D eigenvalue weighted by Crippen LogP contribution is -2.03. The van der Waals surface area contributed by atoms with Gasteiger partial charge >= 0.3 is 5.97 Å². The van der Waals surface area contributed by atoms with Crippen LogP contribution in [0.15, 0.2) is 104 Å². The van der Waals surface area contributed by atoms with Gasteiger partial charge in [0.15, 0.2) is 23.3 Å². The van der Waals surface area contributed by atoms with Gasteiger partial charge in [-0.2, -0.15) is 0 Å². The summed E-state index contributed by atoms with van der Waals surface area (Å²) in [7, 11) is 0. The third kappa shape index (κ3) is 3.86. The van der Waals surface area contributed by atoms with E-state index in [-0.39, 0.29) is 0 Å². The van der Waals surface area contributed by atoms with Gasteiger partial charge in [-0.3, -0.25) is 0 Å². The van der Waals surface area contributed by atoms with E-state index in [1.54, 1.807) is 12.1 Å². The maximum absolute atomic E-state index is 12.3. The summed E-state index contributed by atoms with van der Waals surface area (Å²) in [5.41, 5.74) is 5.52. The van der Waals surface area contributed by atoms with Crippen LogP contribution in [0.4, 0.5) is 0 Å². The minimum Gasteiger partial charge on any atom is -0.423 e. The summed E-state index contributed by atoms with van der Waals surface area (Å²) >= 11 is 0. The number of H-pyrrole nitrogens is 2. The standard InChI is InChI=1S/C35H20N8O2/c1-2-26(44)45-25-17-9-16-24-27(25)35-42-33-23-15-8-7-14-22(23)31(40-33)38-29-19-11-4-3-10-18(19)28(36-29)37-30-20-12-5-6-13-21(20)32(39-30)41-34(24)43-35/h2-17H,1H2,(H2,36,37,38,39,40,41,42,43). The third-order valence-electron chi connectivity index (χ3n) is 7.92. The summed E-state index contributed by atoms with van der Waals surface area (Å²) in [5.74, 6) is 1.70. The van der Waals surface area contributed by atoms with Gasteiger partial charge in [-0.05, 0) is 6.07 Å². The summed E-state index contributed by atoms with van der Waals surface area (Å²) in [6.07, 6.45) is 1.12. The minimum atomic E-state index is -0.586. The van der Waals surface area contributed by atoms with E-state index in [4.69, 9.17) is 34.6 Å². The lowest BCUT2D eigenvalue weighted by molar-refractivity contribution is -0.128. The predicted molar refractivity (Wildman–Crippen MR) is 172 cm³/mol. The lowest BCUT2D eigenvalue weighted by atomic mass is 10.1. The molecule has 2 N–H and O–H groups in total. The van der Waals surface area contributed by atoms with E-state index >= 15 is 0 Å². The molecular formula is C35H20N8O2. The maximum atomic E-state index is 12.3. The number of hydrogen-bond acceptors (Lipinski definition) is 8. The molecular weight excluding hydrogens is 564 g/mol. The van der Waals surface area contributed by atoms with Crippen molar-refractivity contribution in [1.29, 1.82) is 0 Å². The Hall–Kier alpha value is -6.55. The largest absolute Gasteiger partial charge is 0.423 e. The highest BCUT2D eigenvalue weighted by molar-refractivity contribution is 6.09. The Morgan fingerprint density at radius 1 is 0.533 bits per heavy atom. The first-order valence-electron chi connectivity index (χ1n) is 14.2.